The van der Waals surface area contributed by atoms with Crippen LogP contribution in [0, 0.1) is 0 Å². The zero-order valence-electron chi connectivity index (χ0n) is 18.9. The van der Waals surface area contributed by atoms with E-state index in [2.05, 4.69) is 20.3 Å². The predicted octanol–water partition coefficient (Wildman–Crippen LogP) is 2.68. The maximum Gasteiger partial charge on any atom is 0.256 e. The van der Waals surface area contributed by atoms with Gasteiger partial charge in [-0.2, -0.15) is 0 Å². The number of amides is 1. The lowest BCUT2D eigenvalue weighted by Crippen LogP contribution is -2.43. The van der Waals surface area contributed by atoms with Gasteiger partial charge in [0.25, 0.3) is 5.91 Å². The Kier molecular flexibility index (Phi) is 5.76. The highest BCUT2D eigenvalue weighted by atomic mass is 32.2. The average molecular weight is 504 g/mol. The Labute approximate surface area is 209 Å². The number of ether oxygens (including phenoxy) is 2. The number of anilines is 1. The third-order valence-corrected chi connectivity index (χ3v) is 7.50. The molecule has 2 unspecified atom stereocenters. The molecule has 2 aliphatic rings. The van der Waals surface area contributed by atoms with E-state index in [-0.39, 0.29) is 29.2 Å². The van der Waals surface area contributed by atoms with Crippen molar-refractivity contribution in [2.45, 2.75) is 24.0 Å². The number of hydrogen-bond acceptors (Lipinski definition) is 9. The molecule has 4 heterocycles. The Morgan fingerprint density at radius 1 is 1.06 bits per heavy atom. The van der Waals surface area contributed by atoms with Gasteiger partial charge in [-0.1, -0.05) is 60.3 Å². The van der Waals surface area contributed by atoms with E-state index in [1.54, 1.807) is 53.1 Å². The van der Waals surface area contributed by atoms with Crippen molar-refractivity contribution in [2.75, 3.05) is 17.7 Å². The second kappa shape index (κ2) is 9.10. The molecule has 2 N–H and O–H groups in total. The molecule has 0 radical (unpaired) electrons. The highest BCUT2D eigenvalue weighted by Gasteiger charge is 2.62. The number of hydrogen-bond donors (Lipinski definition) is 2. The molecule has 0 saturated carbocycles. The lowest BCUT2D eigenvalue weighted by Gasteiger charge is -2.30. The molecule has 182 valence electrons. The summed E-state index contributed by atoms with van der Waals surface area (Å²) in [6.45, 7) is 0.171. The molecule has 0 spiro atoms. The van der Waals surface area contributed by atoms with Gasteiger partial charge < -0.3 is 19.9 Å². The number of nitrogens with one attached hydrogen (secondary N) is 1. The van der Waals surface area contributed by atoms with Gasteiger partial charge in [0, 0.05) is 16.9 Å². The lowest BCUT2D eigenvalue weighted by atomic mass is 10.0. The Bertz CT molecular complexity index is 1430. The normalized spacial score (nSPS) is 24.8. The summed E-state index contributed by atoms with van der Waals surface area (Å²) in [7, 11) is 0. The topological polar surface area (TPSA) is 128 Å². The summed E-state index contributed by atoms with van der Waals surface area (Å²) in [6, 6.07) is 17.7. The summed E-state index contributed by atoms with van der Waals surface area (Å²) in [6.07, 6.45) is 0.547. The van der Waals surface area contributed by atoms with Gasteiger partial charge >= 0.3 is 0 Å². The molecule has 1 amide bonds. The Morgan fingerprint density at radius 2 is 1.78 bits per heavy atom. The number of thioether (sulfide) groups is 1. The van der Waals surface area contributed by atoms with Crippen LogP contribution in [0.5, 0.6) is 0 Å². The molecule has 11 heteroatoms. The van der Waals surface area contributed by atoms with Crippen molar-refractivity contribution < 1.29 is 24.2 Å². The van der Waals surface area contributed by atoms with Crippen LogP contribution < -0.4 is 5.32 Å². The first kappa shape index (κ1) is 22.8. The summed E-state index contributed by atoms with van der Waals surface area (Å²) in [5, 5.41) is 13.7. The van der Waals surface area contributed by atoms with Crippen LogP contribution in [0.4, 0.5) is 5.82 Å². The molecule has 2 saturated heterocycles. The van der Waals surface area contributed by atoms with Crippen LogP contribution in [0.3, 0.4) is 0 Å². The molecule has 2 aromatic heterocycles. The summed E-state index contributed by atoms with van der Waals surface area (Å²) >= 11 is 1.09. The van der Waals surface area contributed by atoms with Gasteiger partial charge in [-0.15, -0.1) is 0 Å². The van der Waals surface area contributed by atoms with Crippen LogP contribution >= 0.6 is 11.8 Å². The van der Waals surface area contributed by atoms with Gasteiger partial charge in [-0.3, -0.25) is 14.2 Å². The van der Waals surface area contributed by atoms with Crippen molar-refractivity contribution in [1.29, 1.82) is 0 Å². The number of aromatic nitrogens is 4. The van der Waals surface area contributed by atoms with Crippen LogP contribution in [0.2, 0.25) is 0 Å². The van der Waals surface area contributed by atoms with Crippen molar-refractivity contribution in [2.24, 2.45) is 0 Å². The van der Waals surface area contributed by atoms with Crippen LogP contribution in [0.1, 0.15) is 26.9 Å². The number of aliphatic hydroxyl groups is 1. The van der Waals surface area contributed by atoms with Crippen LogP contribution in [0.25, 0.3) is 11.2 Å². The minimum absolute atomic E-state index is 0.104. The summed E-state index contributed by atoms with van der Waals surface area (Å²) in [5.41, 5.74) is 0.829. The van der Waals surface area contributed by atoms with E-state index in [1.165, 1.54) is 12.7 Å². The fraction of sp³-hybridized carbons (Fsp3) is 0.240. The zero-order chi connectivity index (χ0) is 24.7. The van der Waals surface area contributed by atoms with Crippen molar-refractivity contribution in [3.05, 3.63) is 84.4 Å². The molecule has 2 fully saturated rings. The number of benzene rings is 2. The third-order valence-electron chi connectivity index (χ3n) is 6.36. The van der Waals surface area contributed by atoms with Gasteiger partial charge in [0.15, 0.2) is 23.2 Å². The number of carbonyl (C=O) groups excluding carboxylic acids is 2. The molecule has 4 atom stereocenters. The Hall–Kier alpha value is -3.64. The van der Waals surface area contributed by atoms with Crippen molar-refractivity contribution in [3.8, 4) is 0 Å². The van der Waals surface area contributed by atoms with Crippen molar-refractivity contribution >= 4 is 39.8 Å². The molecule has 2 aliphatic heterocycles. The Balaban J connectivity index is 1.23. The molecule has 6 rings (SSSR count). The first-order chi connectivity index (χ1) is 17.6. The molecule has 36 heavy (non-hydrogen) atoms. The fourth-order valence-electron chi connectivity index (χ4n) is 4.48. The smallest absolute Gasteiger partial charge is 0.256 e. The van der Waals surface area contributed by atoms with E-state index in [4.69, 9.17) is 9.47 Å². The summed E-state index contributed by atoms with van der Waals surface area (Å²) in [5.74, 6) is 0.171. The number of aliphatic hydroxyl groups excluding tert-OH is 1. The SMILES string of the molecule is O=C(Nc1ncnc2c1ncn2[C@@H]1O[C@@]2(CSC(=O)c3ccccc3)COC1C2O)c1ccccc1. The highest BCUT2D eigenvalue weighted by Crippen LogP contribution is 2.47. The number of imidazole rings is 1. The van der Waals surface area contributed by atoms with E-state index >= 15 is 0 Å². The van der Waals surface area contributed by atoms with Gasteiger partial charge in [0.2, 0.25) is 5.12 Å². The quantitative estimate of drug-likeness (QED) is 0.408. The van der Waals surface area contributed by atoms with Crippen LogP contribution in [-0.2, 0) is 9.47 Å². The maximum atomic E-state index is 12.6. The largest absolute Gasteiger partial charge is 0.387 e. The van der Waals surface area contributed by atoms with Crippen molar-refractivity contribution in [1.82, 2.24) is 19.5 Å². The van der Waals surface area contributed by atoms with E-state index in [9.17, 15) is 14.7 Å². The standard InChI is InChI=1S/C25H21N5O5S/c31-19-18-23(35-25(19,11-34-18)12-36-24(33)16-9-5-2-6-10-16)30-14-28-17-20(26-13-27-21(17)30)29-22(32)15-7-3-1-4-8-15/h1-10,13-14,18-19,23,31H,11-12H2,(H,26,27,29,32)/t18?,19?,23-,25-/m1/s1. The first-order valence-corrected chi connectivity index (χ1v) is 12.3. The number of fused-ring (bicyclic) bond motifs is 3. The first-order valence-electron chi connectivity index (χ1n) is 11.3. The maximum absolute atomic E-state index is 12.6. The summed E-state index contributed by atoms with van der Waals surface area (Å²) in [4.78, 5) is 38.2. The van der Waals surface area contributed by atoms with Crippen LogP contribution in [0.15, 0.2) is 73.3 Å². The van der Waals surface area contributed by atoms with Gasteiger partial charge in [-0.25, -0.2) is 15.0 Å². The second-order valence-corrected chi connectivity index (χ2v) is 9.55. The number of carbonyl (C=O) groups is 2. The number of rotatable bonds is 6. The molecular weight excluding hydrogens is 482 g/mol. The predicted molar refractivity (Wildman–Crippen MR) is 132 cm³/mol. The van der Waals surface area contributed by atoms with Crippen LogP contribution in [-0.4, -0.2) is 65.8 Å². The van der Waals surface area contributed by atoms with E-state index < -0.39 is 24.0 Å². The Morgan fingerprint density at radius 3 is 2.53 bits per heavy atom. The number of nitrogens with zero attached hydrogens (tertiary/aromatic N) is 4. The van der Waals surface area contributed by atoms with Gasteiger partial charge in [0.05, 0.1) is 12.9 Å². The average Bonchev–Trinajstić information content (AvgIpc) is 3.58. The molecule has 2 aromatic carbocycles. The highest BCUT2D eigenvalue weighted by molar-refractivity contribution is 8.14. The fourth-order valence-corrected chi connectivity index (χ4v) is 5.48. The van der Waals surface area contributed by atoms with E-state index in [0.29, 0.717) is 22.3 Å². The van der Waals surface area contributed by atoms with Gasteiger partial charge in [-0.05, 0) is 12.1 Å². The molecule has 2 bridgehead atoms. The van der Waals surface area contributed by atoms with Gasteiger partial charge in [0.1, 0.15) is 24.1 Å². The minimum atomic E-state index is -1.04. The van der Waals surface area contributed by atoms with E-state index in [1.807, 2.05) is 12.1 Å². The minimum Gasteiger partial charge on any atom is -0.387 e. The monoisotopic (exact) mass is 503 g/mol. The summed E-state index contributed by atoms with van der Waals surface area (Å²) < 4.78 is 13.9. The third kappa shape index (κ3) is 3.86. The molecule has 0 aliphatic carbocycles. The molecular formula is C25H21N5O5S. The zero-order valence-corrected chi connectivity index (χ0v) is 19.7. The lowest BCUT2D eigenvalue weighted by molar-refractivity contribution is -0.162. The molecule has 4 aromatic rings. The van der Waals surface area contributed by atoms with E-state index in [0.717, 1.165) is 11.8 Å². The molecule has 10 nitrogen and oxygen atoms in total. The second-order valence-electron chi connectivity index (χ2n) is 8.60. The van der Waals surface area contributed by atoms with Crippen molar-refractivity contribution in [3.63, 3.8) is 0 Å².